The summed E-state index contributed by atoms with van der Waals surface area (Å²) in [6.07, 6.45) is 8.67. The molecule has 2 aliphatic heterocycles. The lowest BCUT2D eigenvalue weighted by atomic mass is 9.98. The average molecular weight is 395 g/mol. The van der Waals surface area contributed by atoms with E-state index in [1.165, 1.54) is 12.8 Å². The molecule has 0 saturated carbocycles. The van der Waals surface area contributed by atoms with Gasteiger partial charge < -0.3 is 15.1 Å². The van der Waals surface area contributed by atoms with Gasteiger partial charge in [0.1, 0.15) is 0 Å². The van der Waals surface area contributed by atoms with Crippen LogP contribution >= 0.6 is 0 Å². The molecule has 0 aromatic heterocycles. The molecule has 2 fully saturated rings. The van der Waals surface area contributed by atoms with Crippen molar-refractivity contribution >= 4 is 0 Å². The molecule has 0 aromatic carbocycles. The van der Waals surface area contributed by atoms with Gasteiger partial charge in [0.25, 0.3) is 0 Å². The minimum Gasteiger partial charge on any atom is -0.512 e. The summed E-state index contributed by atoms with van der Waals surface area (Å²) in [5.41, 5.74) is 2.11. The number of rotatable bonds is 6. The molecule has 28 heavy (non-hydrogen) atoms. The van der Waals surface area contributed by atoms with Crippen molar-refractivity contribution in [2.75, 3.05) is 32.7 Å². The molecule has 0 aliphatic carbocycles. The van der Waals surface area contributed by atoms with Crippen LogP contribution in [0.25, 0.3) is 0 Å². The number of hydrogen-bond acceptors (Lipinski definition) is 4. The fourth-order valence-corrected chi connectivity index (χ4v) is 3.72. The molecule has 4 heteroatoms. The molecule has 0 aromatic rings. The Labute approximate surface area is 174 Å². The van der Waals surface area contributed by atoms with E-state index in [4.69, 9.17) is 0 Å². The van der Waals surface area contributed by atoms with Crippen LogP contribution in [0.3, 0.4) is 0 Å². The summed E-state index contributed by atoms with van der Waals surface area (Å²) < 4.78 is 0. The molecule has 4 nitrogen and oxygen atoms in total. The van der Waals surface area contributed by atoms with Gasteiger partial charge in [0, 0.05) is 37.7 Å². The van der Waals surface area contributed by atoms with Gasteiger partial charge in [-0.3, -0.25) is 4.90 Å². The van der Waals surface area contributed by atoms with Crippen LogP contribution in [0.5, 0.6) is 0 Å². The highest BCUT2D eigenvalue weighted by molar-refractivity contribution is 5.31. The van der Waals surface area contributed by atoms with Gasteiger partial charge in [-0.25, -0.2) is 0 Å². The van der Waals surface area contributed by atoms with E-state index in [1.54, 1.807) is 0 Å². The van der Waals surface area contributed by atoms with E-state index < -0.39 is 0 Å². The van der Waals surface area contributed by atoms with Gasteiger partial charge in [-0.15, -0.1) is 0 Å². The van der Waals surface area contributed by atoms with E-state index in [-0.39, 0.29) is 6.10 Å². The van der Waals surface area contributed by atoms with Crippen LogP contribution in [0.1, 0.15) is 73.6 Å². The Morgan fingerprint density at radius 1 is 1.00 bits per heavy atom. The van der Waals surface area contributed by atoms with Crippen molar-refractivity contribution in [3.05, 3.63) is 35.6 Å². The lowest BCUT2D eigenvalue weighted by Gasteiger charge is -2.41. The van der Waals surface area contributed by atoms with Gasteiger partial charge in [-0.2, -0.15) is 0 Å². The zero-order chi connectivity index (χ0) is 21.5. The second kappa shape index (κ2) is 15.8. The molecule has 0 amide bonds. The maximum atomic E-state index is 10.2. The molecule has 2 aliphatic rings. The first-order valence-electron chi connectivity index (χ1n) is 11.4. The number of likely N-dealkylation sites (tertiary alicyclic amines) is 2. The summed E-state index contributed by atoms with van der Waals surface area (Å²) in [5.74, 6) is 0.489. The molecule has 2 saturated heterocycles. The third-order valence-corrected chi connectivity index (χ3v) is 5.40. The summed E-state index contributed by atoms with van der Waals surface area (Å²) in [4.78, 5) is 5.01. The first-order valence-corrected chi connectivity index (χ1v) is 11.4. The number of piperidine rings is 2. The largest absolute Gasteiger partial charge is 0.512 e. The molecule has 0 atom stereocenters. The highest BCUT2D eigenvalue weighted by Gasteiger charge is 2.27. The standard InChI is InChI=1S/C20H34N2O2.2C2H6/c1-4-16(3)14-17(20(24)5-2)15-21-10-6-18(7-11-21)22-12-8-19(23)9-13-22;2*1-2/h4,14,18-19,23-24H,1,5-13,15H2,2-3H3;2*1-2H3/b16-14-,20-17-;;. The van der Waals surface area contributed by atoms with Crippen LogP contribution < -0.4 is 0 Å². The van der Waals surface area contributed by atoms with Crippen LogP contribution in [0.4, 0.5) is 0 Å². The fraction of sp³-hybridized carbons (Fsp3) is 0.750. The Kier molecular flexibility index (Phi) is 15.2. The van der Waals surface area contributed by atoms with E-state index in [0.29, 0.717) is 18.2 Å². The molecule has 2 rings (SSSR count). The Morgan fingerprint density at radius 3 is 2.00 bits per heavy atom. The van der Waals surface area contributed by atoms with Crippen molar-refractivity contribution in [1.82, 2.24) is 9.80 Å². The lowest BCUT2D eigenvalue weighted by Crippen LogP contribution is -2.48. The van der Waals surface area contributed by atoms with Crippen LogP contribution in [0.2, 0.25) is 0 Å². The van der Waals surface area contributed by atoms with Gasteiger partial charge in [0.15, 0.2) is 0 Å². The zero-order valence-corrected chi connectivity index (χ0v) is 19.4. The molecule has 0 unspecified atom stereocenters. The van der Waals surface area contributed by atoms with Gasteiger partial charge in [0.2, 0.25) is 0 Å². The van der Waals surface area contributed by atoms with Crippen molar-refractivity contribution in [3.63, 3.8) is 0 Å². The Balaban J connectivity index is 0.00000171. The monoisotopic (exact) mass is 394 g/mol. The predicted octanol–water partition coefficient (Wildman–Crippen LogP) is 5.31. The third-order valence-electron chi connectivity index (χ3n) is 5.40. The van der Waals surface area contributed by atoms with Crippen molar-refractivity contribution in [2.45, 2.75) is 85.8 Å². The average Bonchev–Trinajstić information content (AvgIpc) is 2.76. The van der Waals surface area contributed by atoms with Crippen molar-refractivity contribution in [3.8, 4) is 0 Å². The third kappa shape index (κ3) is 9.40. The Bertz CT molecular complexity index is 469. The van der Waals surface area contributed by atoms with E-state index in [2.05, 4.69) is 22.5 Å². The van der Waals surface area contributed by atoms with Gasteiger partial charge in [0.05, 0.1) is 11.9 Å². The van der Waals surface area contributed by atoms with Crippen LogP contribution in [-0.2, 0) is 0 Å². The summed E-state index contributed by atoms with van der Waals surface area (Å²) in [7, 11) is 0. The molecule has 164 valence electrons. The van der Waals surface area contributed by atoms with Crippen molar-refractivity contribution in [2.24, 2.45) is 0 Å². The van der Waals surface area contributed by atoms with Crippen molar-refractivity contribution < 1.29 is 10.2 Å². The van der Waals surface area contributed by atoms with E-state index in [9.17, 15) is 10.2 Å². The molecular weight excluding hydrogens is 348 g/mol. The number of aliphatic hydroxyl groups excluding tert-OH is 2. The van der Waals surface area contributed by atoms with Gasteiger partial charge in [-0.1, -0.05) is 58.9 Å². The second-order valence-corrected chi connectivity index (χ2v) is 7.19. The molecule has 2 N–H and O–H groups in total. The summed E-state index contributed by atoms with van der Waals surface area (Å²) in [5, 5.41) is 19.9. The van der Waals surface area contributed by atoms with E-state index >= 15 is 0 Å². The predicted molar refractivity (Wildman–Crippen MR) is 123 cm³/mol. The van der Waals surface area contributed by atoms with Gasteiger partial charge in [-0.05, 0) is 45.7 Å². The molecule has 2 heterocycles. The lowest BCUT2D eigenvalue weighted by molar-refractivity contribution is 0.0399. The fourth-order valence-electron chi connectivity index (χ4n) is 3.72. The quantitative estimate of drug-likeness (QED) is 0.473. The molecular formula is C24H46N2O2. The van der Waals surface area contributed by atoms with Gasteiger partial charge >= 0.3 is 0 Å². The Hall–Kier alpha value is -1.10. The summed E-state index contributed by atoms with van der Waals surface area (Å²) in [6, 6.07) is 0.659. The first kappa shape index (κ1) is 26.9. The smallest absolute Gasteiger partial charge is 0.0964 e. The summed E-state index contributed by atoms with van der Waals surface area (Å²) in [6.45, 7) is 20.9. The highest BCUT2D eigenvalue weighted by atomic mass is 16.3. The maximum absolute atomic E-state index is 10.2. The summed E-state index contributed by atoms with van der Waals surface area (Å²) >= 11 is 0. The maximum Gasteiger partial charge on any atom is 0.0964 e. The SMILES string of the molecule is C=C/C(C)=C\C(CN1CCC(N2CCC(O)CC2)CC1)=C(\O)CC.CC.CC. The normalized spacial score (nSPS) is 21.0. The molecule has 0 bridgehead atoms. The van der Waals surface area contributed by atoms with Crippen LogP contribution in [-0.4, -0.2) is 64.9 Å². The van der Waals surface area contributed by atoms with Crippen molar-refractivity contribution in [1.29, 1.82) is 0 Å². The molecule has 0 radical (unpaired) electrons. The number of nitrogens with zero attached hydrogens (tertiary/aromatic N) is 2. The second-order valence-electron chi connectivity index (χ2n) is 7.19. The highest BCUT2D eigenvalue weighted by Crippen LogP contribution is 2.22. The number of hydrogen-bond donors (Lipinski definition) is 2. The topological polar surface area (TPSA) is 46.9 Å². The Morgan fingerprint density at radius 2 is 1.54 bits per heavy atom. The van der Waals surface area contributed by atoms with E-state index in [0.717, 1.165) is 56.7 Å². The van der Waals surface area contributed by atoms with Crippen LogP contribution in [0.15, 0.2) is 35.6 Å². The van der Waals surface area contributed by atoms with Crippen LogP contribution in [0, 0.1) is 0 Å². The zero-order valence-electron chi connectivity index (χ0n) is 19.4. The minimum absolute atomic E-state index is 0.0917. The van der Waals surface area contributed by atoms with E-state index in [1.807, 2.05) is 47.6 Å². The minimum atomic E-state index is -0.0917. The first-order chi connectivity index (χ1) is 13.5. The number of aliphatic hydroxyl groups is 2. The number of allylic oxidation sites excluding steroid dienone is 3. The molecule has 0 spiro atoms.